The van der Waals surface area contributed by atoms with Crippen molar-refractivity contribution < 1.29 is 8.91 Å². The molecular formula is C30H48FN3O2. The van der Waals surface area contributed by atoms with E-state index in [1.165, 1.54) is 18.6 Å². The first-order chi connectivity index (χ1) is 17.5. The summed E-state index contributed by atoms with van der Waals surface area (Å²) in [5.74, 6) is 1.14. The topological polar surface area (TPSA) is 60.9 Å². The number of benzene rings is 1. The number of halogens is 1. The van der Waals surface area contributed by atoms with E-state index in [-0.39, 0.29) is 11.4 Å². The Kier molecular flexibility index (Phi) is 14.9. The quantitative estimate of drug-likeness (QED) is 0.325. The molecule has 0 aliphatic carbocycles. The fourth-order valence-corrected chi connectivity index (χ4v) is 4.61. The van der Waals surface area contributed by atoms with Gasteiger partial charge in [-0.15, -0.1) is 0 Å². The lowest BCUT2D eigenvalue weighted by atomic mass is 9.93. The van der Waals surface area contributed by atoms with E-state index in [4.69, 9.17) is 4.52 Å². The second-order valence-electron chi connectivity index (χ2n) is 8.74. The molecule has 1 aliphatic rings. The number of aryl methyl sites for hydroxylation is 2. The summed E-state index contributed by atoms with van der Waals surface area (Å²) >= 11 is 0. The number of fused-ring (bicyclic) bond motifs is 2. The number of hydrogen-bond donors (Lipinski definition) is 0. The Labute approximate surface area is 217 Å². The standard InChI is InChI=1S/C14H18FNO.C12H18N2O.2C2H6/c1-3-5-10(6-4-2)14-12-8-7-11(15)9-13(12)17-16-14;1-3-6-10-9(2)13-11-7-4-5-8-14(11)12(10)15;2*1-2/h7-10H,3-6H2,1-2H3;3-8H2,1-2H3;2*1-2H3. The first kappa shape index (κ1) is 31.5. The summed E-state index contributed by atoms with van der Waals surface area (Å²) in [6, 6.07) is 4.65. The van der Waals surface area contributed by atoms with Crippen LogP contribution in [-0.2, 0) is 19.4 Å². The SMILES string of the molecule is CC.CC.CCCC(CCC)c1noc2cc(F)ccc12.CCCc1c(C)nc2n(c1=O)CCCC2. The molecule has 202 valence electrons. The minimum atomic E-state index is -0.275. The van der Waals surface area contributed by atoms with Crippen molar-refractivity contribution in [1.82, 2.24) is 14.7 Å². The van der Waals surface area contributed by atoms with E-state index in [1.54, 1.807) is 6.07 Å². The highest BCUT2D eigenvalue weighted by Crippen LogP contribution is 2.31. The molecule has 0 amide bonds. The van der Waals surface area contributed by atoms with E-state index in [9.17, 15) is 9.18 Å². The summed E-state index contributed by atoms with van der Waals surface area (Å²) in [7, 11) is 0. The molecule has 0 unspecified atom stereocenters. The monoisotopic (exact) mass is 501 g/mol. The Bertz CT molecular complexity index is 1080. The molecule has 0 bridgehead atoms. The molecule has 1 aromatic carbocycles. The molecular weight excluding hydrogens is 453 g/mol. The summed E-state index contributed by atoms with van der Waals surface area (Å²) in [5.41, 5.74) is 3.61. The van der Waals surface area contributed by atoms with Gasteiger partial charge in [0.25, 0.3) is 5.56 Å². The lowest BCUT2D eigenvalue weighted by Crippen LogP contribution is -2.31. The van der Waals surface area contributed by atoms with Crippen molar-refractivity contribution in [2.24, 2.45) is 0 Å². The molecule has 3 heterocycles. The number of rotatable bonds is 7. The van der Waals surface area contributed by atoms with Crippen molar-refractivity contribution in [1.29, 1.82) is 0 Å². The van der Waals surface area contributed by atoms with Crippen LogP contribution in [-0.4, -0.2) is 14.7 Å². The summed E-state index contributed by atoms with van der Waals surface area (Å²) in [6.07, 6.45) is 9.57. The minimum Gasteiger partial charge on any atom is -0.356 e. The molecule has 0 saturated heterocycles. The maximum atomic E-state index is 13.1. The van der Waals surface area contributed by atoms with Crippen LogP contribution in [0.1, 0.15) is 122 Å². The van der Waals surface area contributed by atoms with Crippen LogP contribution in [0.2, 0.25) is 0 Å². The molecule has 4 rings (SSSR count). The first-order valence-electron chi connectivity index (χ1n) is 14.1. The molecule has 6 heteroatoms. The molecule has 3 aromatic rings. The minimum absolute atomic E-state index is 0.207. The average Bonchev–Trinajstić information content (AvgIpc) is 3.32. The van der Waals surface area contributed by atoms with Crippen molar-refractivity contribution in [3.8, 4) is 0 Å². The number of aromatic nitrogens is 3. The lowest BCUT2D eigenvalue weighted by Gasteiger charge is -2.19. The van der Waals surface area contributed by atoms with Gasteiger partial charge in [0, 0.05) is 41.6 Å². The normalized spacial score (nSPS) is 12.1. The first-order valence-corrected chi connectivity index (χ1v) is 14.1. The molecule has 0 spiro atoms. The smallest absolute Gasteiger partial charge is 0.256 e. The van der Waals surface area contributed by atoms with Gasteiger partial charge < -0.3 is 4.52 Å². The fourth-order valence-electron chi connectivity index (χ4n) is 4.61. The van der Waals surface area contributed by atoms with E-state index >= 15 is 0 Å². The second kappa shape index (κ2) is 17.0. The average molecular weight is 502 g/mol. The third kappa shape index (κ3) is 8.28. The Hall–Kier alpha value is -2.50. The molecule has 0 fully saturated rings. The van der Waals surface area contributed by atoms with Gasteiger partial charge in [-0.1, -0.05) is 72.9 Å². The van der Waals surface area contributed by atoms with Gasteiger partial charge in [0.15, 0.2) is 5.58 Å². The van der Waals surface area contributed by atoms with Gasteiger partial charge in [0.2, 0.25) is 0 Å². The predicted octanol–water partition coefficient (Wildman–Crippen LogP) is 8.54. The van der Waals surface area contributed by atoms with E-state index in [2.05, 4.69) is 30.9 Å². The highest BCUT2D eigenvalue weighted by Gasteiger charge is 2.18. The largest absolute Gasteiger partial charge is 0.356 e. The van der Waals surface area contributed by atoms with Crippen molar-refractivity contribution >= 4 is 11.0 Å². The van der Waals surface area contributed by atoms with Crippen LogP contribution in [0.5, 0.6) is 0 Å². The van der Waals surface area contributed by atoms with E-state index < -0.39 is 0 Å². The van der Waals surface area contributed by atoms with Crippen molar-refractivity contribution in [3.05, 3.63) is 57.1 Å². The van der Waals surface area contributed by atoms with Crippen molar-refractivity contribution in [2.45, 2.75) is 126 Å². The van der Waals surface area contributed by atoms with Crippen LogP contribution in [0.25, 0.3) is 11.0 Å². The third-order valence-electron chi connectivity index (χ3n) is 6.20. The van der Waals surface area contributed by atoms with Crippen molar-refractivity contribution in [3.63, 3.8) is 0 Å². The third-order valence-corrected chi connectivity index (χ3v) is 6.20. The van der Waals surface area contributed by atoms with Crippen LogP contribution >= 0.6 is 0 Å². The second-order valence-corrected chi connectivity index (χ2v) is 8.74. The maximum absolute atomic E-state index is 13.1. The van der Waals surface area contributed by atoms with Crippen LogP contribution in [0, 0.1) is 12.7 Å². The van der Waals surface area contributed by atoms with Crippen LogP contribution < -0.4 is 5.56 Å². The van der Waals surface area contributed by atoms with Gasteiger partial charge in [0.1, 0.15) is 11.6 Å². The predicted molar refractivity (Wildman–Crippen MR) is 149 cm³/mol. The van der Waals surface area contributed by atoms with Crippen LogP contribution in [0.15, 0.2) is 27.5 Å². The zero-order chi connectivity index (χ0) is 27.1. The number of hydrogen-bond acceptors (Lipinski definition) is 4. The van der Waals surface area contributed by atoms with Gasteiger partial charge in [-0.2, -0.15) is 0 Å². The van der Waals surface area contributed by atoms with Crippen molar-refractivity contribution in [2.75, 3.05) is 0 Å². The number of nitrogens with zero attached hydrogens (tertiary/aromatic N) is 3. The summed E-state index contributed by atoms with van der Waals surface area (Å²) in [4.78, 5) is 16.7. The van der Waals surface area contributed by atoms with E-state index in [0.29, 0.717) is 11.5 Å². The van der Waals surface area contributed by atoms with Gasteiger partial charge in [0.05, 0.1) is 5.69 Å². The van der Waals surface area contributed by atoms with E-state index in [1.807, 2.05) is 39.2 Å². The van der Waals surface area contributed by atoms with Gasteiger partial charge >= 0.3 is 0 Å². The highest BCUT2D eigenvalue weighted by molar-refractivity contribution is 5.79. The zero-order valence-electron chi connectivity index (χ0n) is 23.9. The molecule has 0 radical (unpaired) electrons. The molecule has 2 aromatic heterocycles. The zero-order valence-corrected chi connectivity index (χ0v) is 23.9. The molecule has 5 nitrogen and oxygen atoms in total. The Morgan fingerprint density at radius 1 is 1.03 bits per heavy atom. The molecule has 1 aliphatic heterocycles. The Morgan fingerprint density at radius 2 is 1.69 bits per heavy atom. The summed E-state index contributed by atoms with van der Waals surface area (Å²) < 4.78 is 20.1. The Morgan fingerprint density at radius 3 is 2.31 bits per heavy atom. The van der Waals surface area contributed by atoms with E-state index in [0.717, 1.165) is 86.1 Å². The summed E-state index contributed by atoms with van der Waals surface area (Å²) in [5, 5.41) is 5.09. The van der Waals surface area contributed by atoms with Gasteiger partial charge in [-0.3, -0.25) is 9.36 Å². The van der Waals surface area contributed by atoms with Crippen LogP contribution in [0.4, 0.5) is 4.39 Å². The molecule has 0 saturated carbocycles. The lowest BCUT2D eigenvalue weighted by molar-refractivity contribution is 0.424. The van der Waals surface area contributed by atoms with Crippen LogP contribution in [0.3, 0.4) is 0 Å². The Balaban J connectivity index is 0.000000318. The molecule has 0 N–H and O–H groups in total. The highest BCUT2D eigenvalue weighted by atomic mass is 19.1. The summed E-state index contributed by atoms with van der Waals surface area (Å²) in [6.45, 7) is 17.3. The maximum Gasteiger partial charge on any atom is 0.256 e. The fraction of sp³-hybridized carbons (Fsp3) is 0.633. The molecule has 0 atom stereocenters. The molecule has 36 heavy (non-hydrogen) atoms. The van der Waals surface area contributed by atoms with Gasteiger partial charge in [-0.25, -0.2) is 9.37 Å². The van der Waals surface area contributed by atoms with Gasteiger partial charge in [-0.05, 0) is 51.2 Å².